The largest absolute Gasteiger partial charge is 0.490 e. The molecule has 0 unspecified atom stereocenters. The number of aryl methyl sites for hydroxylation is 2. The van der Waals surface area contributed by atoms with Crippen LogP contribution in [0.15, 0.2) is 52.9 Å². The highest BCUT2D eigenvalue weighted by atomic mass is 32.1. The molecular formula is C24H18N2O3S. The number of rotatable bonds is 4. The Morgan fingerprint density at radius 2 is 2.03 bits per heavy atom. The summed E-state index contributed by atoms with van der Waals surface area (Å²) in [4.78, 5) is 17.6. The third-order valence-corrected chi connectivity index (χ3v) is 6.52. The van der Waals surface area contributed by atoms with Crippen LogP contribution in [-0.2, 0) is 12.8 Å². The molecule has 1 aliphatic rings. The van der Waals surface area contributed by atoms with E-state index in [9.17, 15) is 4.79 Å². The number of furan rings is 1. The Balaban J connectivity index is 1.37. The quantitative estimate of drug-likeness (QED) is 0.395. The number of thiazole rings is 1. The number of carbonyl (C=O) groups excluding carboxylic acids is 1. The second-order valence-electron chi connectivity index (χ2n) is 7.41. The zero-order chi connectivity index (χ0) is 20.2. The minimum absolute atomic E-state index is 0.241. The number of anilines is 1. The van der Waals surface area contributed by atoms with Gasteiger partial charge in [0, 0.05) is 10.8 Å². The summed E-state index contributed by atoms with van der Waals surface area (Å²) in [5, 5.41) is 6.81. The topological polar surface area (TPSA) is 64.4 Å². The lowest BCUT2D eigenvalue weighted by atomic mass is 10.0. The second-order valence-corrected chi connectivity index (χ2v) is 8.44. The van der Waals surface area contributed by atoms with Crippen molar-refractivity contribution < 1.29 is 13.9 Å². The van der Waals surface area contributed by atoms with Gasteiger partial charge in [0.1, 0.15) is 0 Å². The lowest BCUT2D eigenvalue weighted by Gasteiger charge is -2.02. The van der Waals surface area contributed by atoms with Gasteiger partial charge in [-0.05, 0) is 54.5 Å². The lowest BCUT2D eigenvalue weighted by Crippen LogP contribution is -2.10. The maximum Gasteiger partial charge on any atom is 0.293 e. The highest BCUT2D eigenvalue weighted by molar-refractivity contribution is 7.22. The Hall–Kier alpha value is -3.38. The normalized spacial score (nSPS) is 12.8. The van der Waals surface area contributed by atoms with E-state index in [0.717, 1.165) is 28.4 Å². The summed E-state index contributed by atoms with van der Waals surface area (Å²) in [5.74, 6) is 0.564. The molecule has 1 aliphatic carbocycles. The molecule has 6 heteroatoms. The maximum absolute atomic E-state index is 12.8. The Kier molecular flexibility index (Phi) is 3.83. The van der Waals surface area contributed by atoms with Gasteiger partial charge in [-0.15, -0.1) is 0 Å². The zero-order valence-corrected chi connectivity index (χ0v) is 17.1. The Morgan fingerprint density at radius 1 is 1.17 bits per heavy atom. The van der Waals surface area contributed by atoms with Crippen LogP contribution in [-0.4, -0.2) is 17.5 Å². The lowest BCUT2D eigenvalue weighted by molar-refractivity contribution is 0.0998. The number of carbonyl (C=O) groups is 1. The fourth-order valence-electron chi connectivity index (χ4n) is 4.33. The molecule has 0 aliphatic heterocycles. The molecule has 6 rings (SSSR count). The zero-order valence-electron chi connectivity index (χ0n) is 16.3. The second kappa shape index (κ2) is 6.57. The number of nitrogens with one attached hydrogen (secondary N) is 1. The highest BCUT2D eigenvalue weighted by Crippen LogP contribution is 2.39. The third kappa shape index (κ3) is 2.60. The predicted molar refractivity (Wildman–Crippen MR) is 120 cm³/mol. The van der Waals surface area contributed by atoms with Crippen molar-refractivity contribution in [2.75, 3.05) is 11.9 Å². The SMILES string of the molecule is CCOc1cccc2cc(C(=O)Nc3nc4c(cc5c6c(cccc64)CC5)s3)oc12. The van der Waals surface area contributed by atoms with Gasteiger partial charge >= 0.3 is 0 Å². The van der Waals surface area contributed by atoms with E-state index >= 15 is 0 Å². The van der Waals surface area contributed by atoms with E-state index in [1.54, 1.807) is 6.07 Å². The molecule has 0 radical (unpaired) electrons. The van der Waals surface area contributed by atoms with E-state index in [1.165, 1.54) is 33.2 Å². The molecule has 2 aromatic heterocycles. The van der Waals surface area contributed by atoms with Crippen LogP contribution in [0.5, 0.6) is 5.75 Å². The highest BCUT2D eigenvalue weighted by Gasteiger charge is 2.20. The van der Waals surface area contributed by atoms with Gasteiger partial charge in [0.05, 0.1) is 16.8 Å². The third-order valence-electron chi connectivity index (χ3n) is 5.60. The summed E-state index contributed by atoms with van der Waals surface area (Å²) in [7, 11) is 0. The van der Waals surface area contributed by atoms with Gasteiger partial charge in [-0.25, -0.2) is 4.98 Å². The first-order chi connectivity index (χ1) is 14.7. The number of amides is 1. The van der Waals surface area contributed by atoms with Gasteiger partial charge in [0.15, 0.2) is 22.2 Å². The van der Waals surface area contributed by atoms with Crippen LogP contribution in [0.4, 0.5) is 5.13 Å². The molecule has 0 saturated carbocycles. The summed E-state index contributed by atoms with van der Waals surface area (Å²) < 4.78 is 12.5. The molecular weight excluding hydrogens is 396 g/mol. The average molecular weight is 414 g/mol. The number of para-hydroxylation sites is 1. The summed E-state index contributed by atoms with van der Waals surface area (Å²) in [6.07, 6.45) is 2.15. The van der Waals surface area contributed by atoms with Crippen molar-refractivity contribution in [3.8, 4) is 5.75 Å². The molecule has 0 atom stereocenters. The monoisotopic (exact) mass is 414 g/mol. The molecule has 5 nitrogen and oxygen atoms in total. The standard InChI is InChI=1S/C24H18N2O3S/c1-2-28-17-8-4-6-15-11-18(29-22(15)17)23(27)26-24-25-21-16-7-3-5-13-9-10-14(20(13)16)12-19(21)30-24/h3-8,11-12H,2,9-10H2,1H3,(H,25,26,27). The van der Waals surface area contributed by atoms with E-state index in [4.69, 9.17) is 14.1 Å². The number of nitrogens with zero attached hydrogens (tertiary/aromatic N) is 1. The first-order valence-corrected chi connectivity index (χ1v) is 10.8. The number of ether oxygens (including phenoxy) is 1. The summed E-state index contributed by atoms with van der Waals surface area (Å²) in [5.41, 5.74) is 4.28. The molecule has 0 bridgehead atoms. The number of fused-ring (bicyclic) bond motifs is 3. The van der Waals surface area contributed by atoms with Crippen LogP contribution in [0.25, 0.3) is 32.0 Å². The Bertz CT molecular complexity index is 1460. The molecule has 148 valence electrons. The van der Waals surface area contributed by atoms with E-state index in [1.807, 2.05) is 25.1 Å². The van der Waals surface area contributed by atoms with Gasteiger partial charge in [-0.3, -0.25) is 10.1 Å². The van der Waals surface area contributed by atoms with Crippen molar-refractivity contribution >= 4 is 54.3 Å². The molecule has 1 amide bonds. The molecule has 30 heavy (non-hydrogen) atoms. The molecule has 1 N–H and O–H groups in total. The Labute approximate surface area is 176 Å². The smallest absolute Gasteiger partial charge is 0.293 e. The first kappa shape index (κ1) is 17.5. The fourth-order valence-corrected chi connectivity index (χ4v) is 5.28. The Morgan fingerprint density at radius 3 is 2.93 bits per heavy atom. The van der Waals surface area contributed by atoms with E-state index in [0.29, 0.717) is 23.1 Å². The number of benzene rings is 3. The minimum Gasteiger partial charge on any atom is -0.490 e. The maximum atomic E-state index is 12.8. The first-order valence-electron chi connectivity index (χ1n) is 10.0. The molecule has 2 heterocycles. The van der Waals surface area contributed by atoms with Crippen LogP contribution in [0.1, 0.15) is 28.6 Å². The van der Waals surface area contributed by atoms with Crippen LogP contribution < -0.4 is 10.1 Å². The van der Waals surface area contributed by atoms with E-state index in [2.05, 4.69) is 29.6 Å². The van der Waals surface area contributed by atoms with Gasteiger partial charge in [-0.2, -0.15) is 0 Å². The molecule has 5 aromatic rings. The van der Waals surface area contributed by atoms with Gasteiger partial charge in [-0.1, -0.05) is 41.7 Å². The molecule has 3 aromatic carbocycles. The fraction of sp³-hybridized carbons (Fsp3) is 0.167. The van der Waals surface area contributed by atoms with Gasteiger partial charge in [0.2, 0.25) is 0 Å². The van der Waals surface area contributed by atoms with Crippen molar-refractivity contribution in [1.29, 1.82) is 0 Å². The van der Waals surface area contributed by atoms with Gasteiger partial charge in [0.25, 0.3) is 5.91 Å². The van der Waals surface area contributed by atoms with Crippen LogP contribution in [0.2, 0.25) is 0 Å². The van der Waals surface area contributed by atoms with Crippen molar-refractivity contribution in [2.45, 2.75) is 19.8 Å². The van der Waals surface area contributed by atoms with Crippen molar-refractivity contribution in [1.82, 2.24) is 4.98 Å². The minimum atomic E-state index is -0.315. The van der Waals surface area contributed by atoms with Crippen LogP contribution >= 0.6 is 11.3 Å². The molecule has 0 saturated heterocycles. The van der Waals surface area contributed by atoms with E-state index in [-0.39, 0.29) is 11.7 Å². The summed E-state index contributed by atoms with van der Waals surface area (Å²) in [6.45, 7) is 2.45. The predicted octanol–water partition coefficient (Wildman–Crippen LogP) is 5.95. The van der Waals surface area contributed by atoms with E-state index < -0.39 is 0 Å². The van der Waals surface area contributed by atoms with Crippen molar-refractivity contribution in [3.63, 3.8) is 0 Å². The molecule has 0 fully saturated rings. The van der Waals surface area contributed by atoms with Crippen molar-refractivity contribution in [2.24, 2.45) is 0 Å². The average Bonchev–Trinajstić information content (AvgIpc) is 3.46. The summed E-state index contributed by atoms with van der Waals surface area (Å²) in [6, 6.07) is 16.0. The number of aromatic nitrogens is 1. The number of hydrogen-bond acceptors (Lipinski definition) is 5. The summed E-state index contributed by atoms with van der Waals surface area (Å²) >= 11 is 1.50. The van der Waals surface area contributed by atoms with Crippen molar-refractivity contribution in [3.05, 3.63) is 65.4 Å². The number of hydrogen-bond donors (Lipinski definition) is 1. The van der Waals surface area contributed by atoms with Crippen LogP contribution in [0.3, 0.4) is 0 Å². The van der Waals surface area contributed by atoms with Gasteiger partial charge < -0.3 is 9.15 Å². The molecule has 0 spiro atoms. The van der Waals surface area contributed by atoms with Crippen LogP contribution in [0, 0.1) is 0 Å².